The molecule has 3 atom stereocenters. The Bertz CT molecular complexity index is 1450. The minimum atomic E-state index is -0.425. The van der Waals surface area contributed by atoms with Gasteiger partial charge in [-0.1, -0.05) is 85.7 Å². The highest BCUT2D eigenvalue weighted by molar-refractivity contribution is 7.16. The van der Waals surface area contributed by atoms with Crippen LogP contribution in [0, 0.1) is 11.8 Å². The van der Waals surface area contributed by atoms with Crippen LogP contribution in [-0.2, 0) is 25.8 Å². The van der Waals surface area contributed by atoms with Gasteiger partial charge in [-0.3, -0.25) is 24.0 Å². The number of allylic oxidation sites excluding steroid dienone is 2. The Morgan fingerprint density at radius 1 is 1.07 bits per heavy atom. The van der Waals surface area contributed by atoms with Crippen molar-refractivity contribution in [3.8, 4) is 0 Å². The second-order valence-corrected chi connectivity index (χ2v) is 13.0. The van der Waals surface area contributed by atoms with Crippen molar-refractivity contribution in [2.75, 3.05) is 13.1 Å². The summed E-state index contributed by atoms with van der Waals surface area (Å²) in [4.78, 5) is 55.1. The summed E-state index contributed by atoms with van der Waals surface area (Å²) in [5.74, 6) is 0.224. The summed E-state index contributed by atoms with van der Waals surface area (Å²) in [6, 6.07) is 17.1. The number of aromatic amines is 1. The number of hydrogen-bond acceptors (Lipinski definition) is 7. The van der Waals surface area contributed by atoms with E-state index in [1.807, 2.05) is 54.6 Å². The maximum Gasteiger partial charge on any atom is 0.305 e. The molecule has 2 aromatic carbocycles. The number of primary amides is 1. The van der Waals surface area contributed by atoms with E-state index in [0.29, 0.717) is 31.5 Å². The van der Waals surface area contributed by atoms with Crippen LogP contribution in [0.5, 0.6) is 0 Å². The molecule has 2 saturated carbocycles. The molecule has 2 heterocycles. The molecule has 11 heteroatoms. The van der Waals surface area contributed by atoms with Crippen LogP contribution in [0.1, 0.15) is 70.3 Å². The quantitative estimate of drug-likeness (QED) is 0.119. The zero-order valence-corrected chi connectivity index (χ0v) is 27.4. The highest BCUT2D eigenvalue weighted by atomic mass is 32.1. The molecule has 10 nitrogen and oxygen atoms in total. The summed E-state index contributed by atoms with van der Waals surface area (Å²) in [5.41, 5.74) is 9.92. The normalized spacial score (nSPS) is 20.0. The topological polar surface area (TPSA) is 147 Å². The van der Waals surface area contributed by atoms with Crippen molar-refractivity contribution in [2.45, 2.75) is 83.4 Å². The Morgan fingerprint density at radius 3 is 2.54 bits per heavy atom. The lowest BCUT2D eigenvalue weighted by molar-refractivity contribution is -0.136. The number of unbranched alkanes of at least 4 members (excludes halogenated alkanes) is 3. The molecular formula is C35H47N5O5S. The van der Waals surface area contributed by atoms with E-state index in [9.17, 15) is 19.2 Å². The Balaban J connectivity index is 0.000000163. The summed E-state index contributed by atoms with van der Waals surface area (Å²) in [6.45, 7) is 3.71. The number of amides is 3. The average Bonchev–Trinajstić information content (AvgIpc) is 3.95. The zero-order chi connectivity index (χ0) is 32.7. The van der Waals surface area contributed by atoms with Gasteiger partial charge in [0, 0.05) is 19.0 Å². The number of carbonyl (C=O) groups is 3. The highest BCUT2D eigenvalue weighted by Gasteiger charge is 2.41. The molecule has 0 radical (unpaired) electrons. The number of benzene rings is 2. The molecule has 0 bridgehead atoms. The van der Waals surface area contributed by atoms with Gasteiger partial charge in [0.15, 0.2) is 0 Å². The van der Waals surface area contributed by atoms with E-state index in [2.05, 4.69) is 34.9 Å². The molecule has 1 aromatic heterocycles. The van der Waals surface area contributed by atoms with Crippen molar-refractivity contribution in [2.24, 2.45) is 17.6 Å². The third kappa shape index (κ3) is 11.9. The smallest absolute Gasteiger partial charge is 0.305 e. The van der Waals surface area contributed by atoms with Crippen molar-refractivity contribution in [3.05, 3.63) is 82.0 Å². The number of H-pyrrole nitrogens is 1. The van der Waals surface area contributed by atoms with Crippen LogP contribution in [0.25, 0.3) is 10.2 Å². The molecule has 5 N–H and O–H groups in total. The van der Waals surface area contributed by atoms with E-state index < -0.39 is 11.9 Å². The molecule has 3 unspecified atom stereocenters. The first-order valence-electron chi connectivity index (χ1n) is 16.4. The van der Waals surface area contributed by atoms with Crippen LogP contribution in [0.2, 0.25) is 0 Å². The van der Waals surface area contributed by atoms with Crippen LogP contribution in [0.3, 0.4) is 0 Å². The van der Waals surface area contributed by atoms with Crippen LogP contribution < -0.4 is 21.4 Å². The molecule has 3 fully saturated rings. The van der Waals surface area contributed by atoms with Gasteiger partial charge in [0.25, 0.3) is 0 Å². The first-order valence-corrected chi connectivity index (χ1v) is 17.2. The monoisotopic (exact) mass is 649 g/mol. The number of rotatable bonds is 13. The van der Waals surface area contributed by atoms with E-state index >= 15 is 0 Å². The van der Waals surface area contributed by atoms with Crippen LogP contribution in [-0.4, -0.2) is 52.8 Å². The number of nitrogens with zero attached hydrogens (tertiary/aromatic N) is 1. The van der Waals surface area contributed by atoms with E-state index in [0.717, 1.165) is 47.9 Å². The fraction of sp³-hybridized carbons (Fsp3) is 0.486. The van der Waals surface area contributed by atoms with Crippen LogP contribution >= 0.6 is 11.3 Å². The fourth-order valence-corrected chi connectivity index (χ4v) is 5.92. The molecule has 3 aliphatic rings. The second kappa shape index (κ2) is 18.4. The first-order chi connectivity index (χ1) is 22.4. The average molecular weight is 650 g/mol. The third-order valence-corrected chi connectivity index (χ3v) is 8.92. The predicted octanol–water partition coefficient (Wildman–Crippen LogP) is 4.81. The van der Waals surface area contributed by atoms with Gasteiger partial charge in [-0.2, -0.15) is 0 Å². The number of aromatic nitrogens is 1. The molecule has 0 spiro atoms. The van der Waals surface area contributed by atoms with E-state index in [1.165, 1.54) is 30.6 Å². The molecule has 3 aromatic rings. The number of carbonyl (C=O) groups excluding carboxylic acids is 3. The summed E-state index contributed by atoms with van der Waals surface area (Å²) in [6.07, 6.45) is 14.4. The minimum absolute atomic E-state index is 0.0150. The third-order valence-electron chi connectivity index (χ3n) is 8.06. The highest BCUT2D eigenvalue weighted by Crippen LogP contribution is 2.40. The van der Waals surface area contributed by atoms with Crippen LogP contribution in [0.4, 0.5) is 0 Å². The lowest BCUT2D eigenvalue weighted by Gasteiger charge is -2.22. The molecular weight excluding hydrogens is 602 g/mol. The summed E-state index contributed by atoms with van der Waals surface area (Å²) in [5, 5.41) is 3.09. The Hall–Kier alpha value is -3.80. The SMILES string of the molecule is CCCCC/C=C\C1CC1C(=O)NOC1CC1.NC(=O)C1CCCN1C(=O)CNCc1ccccc1.O=c1[nH]c2ccccc2s1. The second-order valence-electron chi connectivity index (χ2n) is 12.0. The van der Waals surface area contributed by atoms with Gasteiger partial charge in [-0.25, -0.2) is 5.48 Å². The van der Waals surface area contributed by atoms with E-state index in [4.69, 9.17) is 10.6 Å². The number of hydrogen-bond donors (Lipinski definition) is 4. The summed E-state index contributed by atoms with van der Waals surface area (Å²) >= 11 is 1.24. The van der Waals surface area contributed by atoms with Gasteiger partial charge >= 0.3 is 4.87 Å². The molecule has 248 valence electrons. The number of nitrogens with one attached hydrogen (secondary N) is 3. The molecule has 3 amide bonds. The number of fused-ring (bicyclic) bond motifs is 1. The number of nitrogens with two attached hydrogens (primary N) is 1. The lowest BCUT2D eigenvalue weighted by atomic mass is 10.2. The number of thiazole rings is 1. The zero-order valence-electron chi connectivity index (χ0n) is 26.6. The van der Waals surface area contributed by atoms with Gasteiger partial charge in [0.1, 0.15) is 6.04 Å². The Labute approximate surface area is 274 Å². The van der Waals surface area contributed by atoms with Gasteiger partial charge in [0.05, 0.1) is 22.9 Å². The first kappa shape index (κ1) is 35.1. The van der Waals surface area contributed by atoms with E-state index in [1.54, 1.807) is 4.90 Å². The number of para-hydroxylation sites is 1. The fourth-order valence-electron chi connectivity index (χ4n) is 5.18. The largest absolute Gasteiger partial charge is 0.368 e. The predicted molar refractivity (Wildman–Crippen MR) is 182 cm³/mol. The summed E-state index contributed by atoms with van der Waals surface area (Å²) < 4.78 is 1.02. The molecule has 6 rings (SSSR count). The lowest BCUT2D eigenvalue weighted by Crippen LogP contribution is -2.46. The van der Waals surface area contributed by atoms with Crippen molar-refractivity contribution in [1.82, 2.24) is 20.7 Å². The molecule has 1 saturated heterocycles. The van der Waals surface area contributed by atoms with E-state index in [-0.39, 0.29) is 29.1 Å². The van der Waals surface area contributed by atoms with Gasteiger partial charge in [-0.05, 0) is 68.6 Å². The Morgan fingerprint density at radius 2 is 1.83 bits per heavy atom. The Kier molecular flexibility index (Phi) is 14.0. The van der Waals surface area contributed by atoms with Crippen LogP contribution in [0.15, 0.2) is 71.5 Å². The van der Waals surface area contributed by atoms with Crippen molar-refractivity contribution in [3.63, 3.8) is 0 Å². The maximum atomic E-state index is 12.0. The standard InChI is InChI=1S/C14H19N3O2.C14H23NO2.C7H5NOS/c15-14(19)12-7-4-8-17(12)13(18)10-16-9-11-5-2-1-3-6-11;1-2-3-4-5-6-7-11-10-13(11)14(16)15-17-12-8-9-12;9-7-8-5-3-1-2-4-6(5)10-7/h1-3,5-6,12,16H,4,7-10H2,(H2,15,19);6-7,11-13H,2-5,8-10H2,1H3,(H,15,16);1-4H,(H,8,9)/b;7-6-;. The maximum absolute atomic E-state index is 12.0. The summed E-state index contributed by atoms with van der Waals surface area (Å²) in [7, 11) is 0. The molecule has 2 aliphatic carbocycles. The van der Waals surface area contributed by atoms with Crippen molar-refractivity contribution in [1.29, 1.82) is 0 Å². The van der Waals surface area contributed by atoms with Gasteiger partial charge < -0.3 is 20.9 Å². The van der Waals surface area contributed by atoms with Gasteiger partial charge in [-0.15, -0.1) is 0 Å². The molecule has 46 heavy (non-hydrogen) atoms. The molecule has 1 aliphatic heterocycles. The minimum Gasteiger partial charge on any atom is -0.368 e. The number of hydroxylamine groups is 1. The van der Waals surface area contributed by atoms with Crippen molar-refractivity contribution >= 4 is 39.3 Å². The van der Waals surface area contributed by atoms with Crippen molar-refractivity contribution < 1.29 is 19.2 Å². The number of likely N-dealkylation sites (tertiary alicyclic amines) is 1. The van der Waals surface area contributed by atoms with Gasteiger partial charge in [0.2, 0.25) is 17.7 Å².